The molecule has 0 amide bonds. The van der Waals surface area contributed by atoms with E-state index in [0.717, 1.165) is 16.6 Å². The van der Waals surface area contributed by atoms with E-state index in [1.165, 1.54) is 0 Å². The summed E-state index contributed by atoms with van der Waals surface area (Å²) in [4.78, 5) is 15.7. The van der Waals surface area contributed by atoms with E-state index >= 15 is 0 Å². The number of hydrogen-bond donors (Lipinski definition) is 0. The van der Waals surface area contributed by atoms with E-state index in [1.54, 1.807) is 13.0 Å². The summed E-state index contributed by atoms with van der Waals surface area (Å²) in [6, 6.07) is 3.81. The SMILES string of the molecule is Cc1cc(C)c2nc(C)oc(=O)c2c1. The Morgan fingerprint density at radius 1 is 1.21 bits per heavy atom. The maximum absolute atomic E-state index is 11.5. The first-order chi connectivity index (χ1) is 6.58. The standard InChI is InChI=1S/C11H11NO2/c1-6-4-7(2)10-9(5-6)11(13)14-8(3)12-10/h4-5H,1-3H3. The molecule has 0 radical (unpaired) electrons. The maximum atomic E-state index is 11.5. The third kappa shape index (κ3) is 1.31. The lowest BCUT2D eigenvalue weighted by Crippen LogP contribution is -2.04. The number of hydrogen-bond acceptors (Lipinski definition) is 3. The van der Waals surface area contributed by atoms with Gasteiger partial charge in [0.1, 0.15) is 0 Å². The maximum Gasteiger partial charge on any atom is 0.346 e. The summed E-state index contributed by atoms with van der Waals surface area (Å²) in [6.45, 7) is 5.58. The second-order valence-corrected chi connectivity index (χ2v) is 3.50. The second-order valence-electron chi connectivity index (χ2n) is 3.50. The molecule has 1 heterocycles. The van der Waals surface area contributed by atoms with Crippen LogP contribution in [0, 0.1) is 20.8 Å². The van der Waals surface area contributed by atoms with Gasteiger partial charge >= 0.3 is 5.63 Å². The first-order valence-electron chi connectivity index (χ1n) is 4.46. The van der Waals surface area contributed by atoms with Crippen LogP contribution >= 0.6 is 0 Å². The van der Waals surface area contributed by atoms with Crippen molar-refractivity contribution in [2.45, 2.75) is 20.8 Å². The molecule has 0 saturated heterocycles. The van der Waals surface area contributed by atoms with E-state index in [9.17, 15) is 4.79 Å². The average Bonchev–Trinajstić information content (AvgIpc) is 2.07. The lowest BCUT2D eigenvalue weighted by atomic mass is 10.1. The summed E-state index contributed by atoms with van der Waals surface area (Å²) in [5, 5.41) is 0.563. The predicted octanol–water partition coefficient (Wildman–Crippen LogP) is 2.11. The van der Waals surface area contributed by atoms with Crippen molar-refractivity contribution in [3.05, 3.63) is 39.6 Å². The Morgan fingerprint density at radius 3 is 2.64 bits per heavy atom. The highest BCUT2D eigenvalue weighted by atomic mass is 16.4. The van der Waals surface area contributed by atoms with Gasteiger partial charge in [-0.15, -0.1) is 0 Å². The van der Waals surface area contributed by atoms with Gasteiger partial charge in [0.25, 0.3) is 0 Å². The van der Waals surface area contributed by atoms with E-state index in [2.05, 4.69) is 4.98 Å². The fraction of sp³-hybridized carbons (Fsp3) is 0.273. The lowest BCUT2D eigenvalue weighted by Gasteiger charge is -2.02. The minimum absolute atomic E-state index is 0.306. The molecule has 0 aliphatic heterocycles. The highest BCUT2D eigenvalue weighted by Gasteiger charge is 2.06. The van der Waals surface area contributed by atoms with Gasteiger partial charge in [-0.3, -0.25) is 0 Å². The molecule has 0 aliphatic carbocycles. The molecule has 0 fully saturated rings. The monoisotopic (exact) mass is 189 g/mol. The molecular formula is C11H11NO2. The van der Waals surface area contributed by atoms with E-state index < -0.39 is 0 Å². The van der Waals surface area contributed by atoms with Crippen molar-refractivity contribution in [1.29, 1.82) is 0 Å². The molecule has 0 atom stereocenters. The van der Waals surface area contributed by atoms with Crippen LogP contribution in [0.25, 0.3) is 10.9 Å². The normalized spacial score (nSPS) is 10.8. The Hall–Kier alpha value is -1.64. The molecule has 2 aromatic rings. The minimum atomic E-state index is -0.306. The van der Waals surface area contributed by atoms with Crippen molar-refractivity contribution < 1.29 is 4.42 Å². The predicted molar refractivity (Wildman–Crippen MR) is 54.5 cm³/mol. The summed E-state index contributed by atoms with van der Waals surface area (Å²) in [5.74, 6) is 0.412. The number of fused-ring (bicyclic) bond motifs is 1. The third-order valence-electron chi connectivity index (χ3n) is 2.17. The number of nitrogens with zero attached hydrogens (tertiary/aromatic N) is 1. The van der Waals surface area contributed by atoms with Crippen LogP contribution in [0.3, 0.4) is 0 Å². The van der Waals surface area contributed by atoms with Crippen molar-refractivity contribution in [3.8, 4) is 0 Å². The molecule has 3 nitrogen and oxygen atoms in total. The van der Waals surface area contributed by atoms with Crippen molar-refractivity contribution >= 4 is 10.9 Å². The van der Waals surface area contributed by atoms with E-state index in [1.807, 2.05) is 19.9 Å². The largest absolute Gasteiger partial charge is 0.408 e. The summed E-state index contributed by atoms with van der Waals surface area (Å²) in [7, 11) is 0. The Bertz CT molecular complexity index is 555. The highest BCUT2D eigenvalue weighted by molar-refractivity contribution is 5.81. The molecule has 1 aromatic carbocycles. The van der Waals surface area contributed by atoms with Gasteiger partial charge in [-0.25, -0.2) is 9.78 Å². The van der Waals surface area contributed by atoms with Crippen LogP contribution in [0.5, 0.6) is 0 Å². The first-order valence-corrected chi connectivity index (χ1v) is 4.46. The third-order valence-corrected chi connectivity index (χ3v) is 2.17. The molecule has 0 saturated carbocycles. The summed E-state index contributed by atoms with van der Waals surface area (Å²) in [5.41, 5.74) is 2.49. The van der Waals surface area contributed by atoms with Crippen LogP contribution in [-0.4, -0.2) is 4.98 Å². The Kier molecular flexibility index (Phi) is 1.88. The number of aromatic nitrogens is 1. The van der Waals surface area contributed by atoms with Crippen LogP contribution in [0.15, 0.2) is 21.3 Å². The molecule has 1 aromatic heterocycles. The van der Waals surface area contributed by atoms with Gasteiger partial charge in [0, 0.05) is 6.92 Å². The smallest absolute Gasteiger partial charge is 0.346 e. The van der Waals surface area contributed by atoms with Gasteiger partial charge in [-0.1, -0.05) is 6.07 Å². The van der Waals surface area contributed by atoms with Crippen molar-refractivity contribution in [2.24, 2.45) is 0 Å². The molecule has 14 heavy (non-hydrogen) atoms. The highest BCUT2D eigenvalue weighted by Crippen LogP contribution is 2.15. The van der Waals surface area contributed by atoms with Crippen molar-refractivity contribution in [3.63, 3.8) is 0 Å². The van der Waals surface area contributed by atoms with Crippen molar-refractivity contribution in [1.82, 2.24) is 4.98 Å². The Morgan fingerprint density at radius 2 is 1.93 bits per heavy atom. The van der Waals surface area contributed by atoms with Gasteiger partial charge in [0.2, 0.25) is 0 Å². The molecular weight excluding hydrogens is 178 g/mol. The van der Waals surface area contributed by atoms with E-state index in [4.69, 9.17) is 4.42 Å². The van der Waals surface area contributed by atoms with Gasteiger partial charge < -0.3 is 4.42 Å². The van der Waals surface area contributed by atoms with Crippen LogP contribution in [0.4, 0.5) is 0 Å². The lowest BCUT2D eigenvalue weighted by molar-refractivity contribution is 0.467. The zero-order chi connectivity index (χ0) is 10.3. The molecule has 3 heteroatoms. The topological polar surface area (TPSA) is 43.1 Å². The molecule has 0 aliphatic rings. The summed E-state index contributed by atoms with van der Waals surface area (Å²) in [6.07, 6.45) is 0. The van der Waals surface area contributed by atoms with Crippen LogP contribution in [0.1, 0.15) is 17.0 Å². The van der Waals surface area contributed by atoms with E-state index in [0.29, 0.717) is 11.3 Å². The molecule has 0 bridgehead atoms. The molecule has 0 N–H and O–H groups in total. The van der Waals surface area contributed by atoms with Gasteiger partial charge in [-0.05, 0) is 31.0 Å². The number of rotatable bonds is 0. The fourth-order valence-electron chi connectivity index (χ4n) is 1.63. The van der Waals surface area contributed by atoms with E-state index in [-0.39, 0.29) is 5.63 Å². The van der Waals surface area contributed by atoms with Crippen LogP contribution < -0.4 is 5.63 Å². The van der Waals surface area contributed by atoms with Crippen LogP contribution in [0.2, 0.25) is 0 Å². The number of aryl methyl sites for hydroxylation is 3. The average molecular weight is 189 g/mol. The minimum Gasteiger partial charge on any atom is -0.408 e. The molecule has 2 rings (SSSR count). The zero-order valence-electron chi connectivity index (χ0n) is 8.42. The summed E-state index contributed by atoms with van der Waals surface area (Å²) < 4.78 is 4.93. The van der Waals surface area contributed by atoms with Gasteiger partial charge in [0.15, 0.2) is 5.89 Å². The zero-order valence-corrected chi connectivity index (χ0v) is 8.42. The quantitative estimate of drug-likeness (QED) is 0.637. The molecule has 0 spiro atoms. The van der Waals surface area contributed by atoms with Gasteiger partial charge in [0.05, 0.1) is 10.9 Å². The van der Waals surface area contributed by atoms with Gasteiger partial charge in [-0.2, -0.15) is 0 Å². The second kappa shape index (κ2) is 2.94. The summed E-state index contributed by atoms with van der Waals surface area (Å²) >= 11 is 0. The molecule has 0 unspecified atom stereocenters. The molecule has 72 valence electrons. The number of benzene rings is 1. The first kappa shape index (κ1) is 8.94. The van der Waals surface area contributed by atoms with Crippen LogP contribution in [-0.2, 0) is 0 Å². The van der Waals surface area contributed by atoms with Crippen molar-refractivity contribution in [2.75, 3.05) is 0 Å². The Labute approximate surface area is 81.4 Å². The Balaban J connectivity index is 3.02. The fourth-order valence-corrected chi connectivity index (χ4v) is 1.63.